The predicted octanol–water partition coefficient (Wildman–Crippen LogP) is 2.41. The maximum absolute atomic E-state index is 14.4. The molecule has 5 nitrogen and oxygen atoms in total. The fourth-order valence-electron chi connectivity index (χ4n) is 3.67. The van der Waals surface area contributed by atoms with Gasteiger partial charge in [0.15, 0.2) is 5.69 Å². The number of carbonyl (C=O) groups excluding carboxylic acids is 1. The zero-order valence-electron chi connectivity index (χ0n) is 14.3. The highest BCUT2D eigenvalue weighted by atomic mass is 19.1. The number of nitrogens with zero attached hydrogens (tertiary/aromatic N) is 3. The lowest BCUT2D eigenvalue weighted by atomic mass is 10.1. The van der Waals surface area contributed by atoms with Crippen molar-refractivity contribution in [2.75, 3.05) is 13.2 Å². The van der Waals surface area contributed by atoms with Crippen LogP contribution in [-0.4, -0.2) is 44.9 Å². The van der Waals surface area contributed by atoms with Crippen LogP contribution < -0.4 is 0 Å². The molecular weight excluding hydrogens is 321 g/mol. The number of benzene rings is 1. The van der Waals surface area contributed by atoms with Gasteiger partial charge in [0.2, 0.25) is 0 Å². The minimum atomic E-state index is -0.328. The van der Waals surface area contributed by atoms with Crippen molar-refractivity contribution < 1.29 is 14.3 Å². The number of aliphatic hydroxyl groups is 1. The van der Waals surface area contributed by atoms with Crippen molar-refractivity contribution in [1.29, 1.82) is 0 Å². The van der Waals surface area contributed by atoms with Gasteiger partial charge in [-0.1, -0.05) is 6.07 Å². The van der Waals surface area contributed by atoms with Gasteiger partial charge >= 0.3 is 0 Å². The molecule has 25 heavy (non-hydrogen) atoms. The first-order valence-corrected chi connectivity index (χ1v) is 8.89. The number of hydrogen-bond acceptors (Lipinski definition) is 3. The van der Waals surface area contributed by atoms with Gasteiger partial charge in [0, 0.05) is 23.8 Å². The van der Waals surface area contributed by atoms with Crippen molar-refractivity contribution in [1.82, 2.24) is 14.7 Å². The molecule has 0 saturated heterocycles. The quantitative estimate of drug-likeness (QED) is 0.907. The average Bonchev–Trinajstić information content (AvgIpc) is 3.19. The third-order valence-electron chi connectivity index (χ3n) is 5.05. The van der Waals surface area contributed by atoms with Crippen LogP contribution in [0.25, 0.3) is 5.69 Å². The summed E-state index contributed by atoms with van der Waals surface area (Å²) < 4.78 is 16.0. The van der Waals surface area contributed by atoms with Gasteiger partial charge in [-0.2, -0.15) is 5.10 Å². The van der Waals surface area contributed by atoms with Crippen molar-refractivity contribution in [2.45, 2.75) is 45.1 Å². The number of rotatable bonds is 5. The first-order chi connectivity index (χ1) is 12.1. The van der Waals surface area contributed by atoms with E-state index in [0.717, 1.165) is 48.9 Å². The molecular formula is C19H22FN3O2. The molecule has 2 aliphatic carbocycles. The molecule has 1 fully saturated rings. The smallest absolute Gasteiger partial charge is 0.274 e. The zero-order chi connectivity index (χ0) is 17.6. The minimum Gasteiger partial charge on any atom is -0.395 e. The Balaban J connectivity index is 1.76. The van der Waals surface area contributed by atoms with Gasteiger partial charge < -0.3 is 10.0 Å². The molecule has 0 aliphatic heterocycles. The van der Waals surface area contributed by atoms with E-state index in [4.69, 9.17) is 0 Å². The number of aromatic nitrogens is 2. The predicted molar refractivity (Wildman–Crippen MR) is 91.4 cm³/mol. The van der Waals surface area contributed by atoms with E-state index >= 15 is 0 Å². The summed E-state index contributed by atoms with van der Waals surface area (Å²) in [6, 6.07) is 5.27. The van der Waals surface area contributed by atoms with Crippen LogP contribution in [0.5, 0.6) is 0 Å². The standard InChI is InChI=1S/C19H22FN3O2/c1-12-5-8-17(15(20)11-12)23-16-4-2-3-14(16)18(21-23)19(25)22(9-10-24)13-6-7-13/h5,8,11,13,24H,2-4,6-7,9-10H2,1H3. The summed E-state index contributed by atoms with van der Waals surface area (Å²) in [5, 5.41) is 13.8. The van der Waals surface area contributed by atoms with Gasteiger partial charge in [0.25, 0.3) is 5.91 Å². The van der Waals surface area contributed by atoms with Crippen molar-refractivity contribution in [2.24, 2.45) is 0 Å². The number of aryl methyl sites for hydroxylation is 1. The fourth-order valence-corrected chi connectivity index (χ4v) is 3.67. The maximum atomic E-state index is 14.4. The second kappa shape index (κ2) is 6.26. The third-order valence-corrected chi connectivity index (χ3v) is 5.05. The summed E-state index contributed by atoms with van der Waals surface area (Å²) in [5.74, 6) is -0.466. The second-order valence-corrected chi connectivity index (χ2v) is 6.95. The number of amides is 1. The SMILES string of the molecule is Cc1ccc(-n2nc(C(=O)N(CCO)C3CC3)c3c2CCC3)c(F)c1. The summed E-state index contributed by atoms with van der Waals surface area (Å²) in [5.41, 5.74) is 3.54. The van der Waals surface area contributed by atoms with Crippen molar-refractivity contribution in [3.05, 3.63) is 46.5 Å². The highest BCUT2D eigenvalue weighted by molar-refractivity contribution is 5.94. The minimum absolute atomic E-state index is 0.0578. The molecule has 1 heterocycles. The number of hydrogen-bond donors (Lipinski definition) is 1. The summed E-state index contributed by atoms with van der Waals surface area (Å²) >= 11 is 0. The molecule has 1 aromatic carbocycles. The first kappa shape index (κ1) is 16.3. The molecule has 2 aliphatic rings. The van der Waals surface area contributed by atoms with E-state index < -0.39 is 0 Å². The Kier molecular flexibility index (Phi) is 4.07. The Labute approximate surface area is 146 Å². The molecule has 2 aromatic rings. The number of carbonyl (C=O) groups is 1. The molecule has 6 heteroatoms. The Hall–Kier alpha value is -2.21. The lowest BCUT2D eigenvalue weighted by Crippen LogP contribution is -2.36. The van der Waals surface area contributed by atoms with Crippen LogP contribution in [0.4, 0.5) is 4.39 Å². The van der Waals surface area contributed by atoms with Gasteiger partial charge in [0.05, 0.1) is 6.61 Å². The molecule has 0 spiro atoms. The van der Waals surface area contributed by atoms with Crippen LogP contribution in [0, 0.1) is 12.7 Å². The van der Waals surface area contributed by atoms with E-state index in [2.05, 4.69) is 5.10 Å². The molecule has 1 aromatic heterocycles. The van der Waals surface area contributed by atoms with Gasteiger partial charge in [-0.15, -0.1) is 0 Å². The molecule has 0 atom stereocenters. The highest BCUT2D eigenvalue weighted by Crippen LogP contribution is 2.32. The number of fused-ring (bicyclic) bond motifs is 1. The maximum Gasteiger partial charge on any atom is 0.274 e. The summed E-state index contributed by atoms with van der Waals surface area (Å²) in [6.45, 7) is 2.11. The Morgan fingerprint density at radius 1 is 1.40 bits per heavy atom. The summed E-state index contributed by atoms with van der Waals surface area (Å²) in [7, 11) is 0. The molecule has 1 amide bonds. The molecule has 0 unspecified atom stereocenters. The first-order valence-electron chi connectivity index (χ1n) is 8.89. The zero-order valence-corrected chi connectivity index (χ0v) is 14.3. The van der Waals surface area contributed by atoms with Gasteiger partial charge in [0.1, 0.15) is 11.5 Å². The normalized spacial score (nSPS) is 16.1. The second-order valence-electron chi connectivity index (χ2n) is 6.95. The fraction of sp³-hybridized carbons (Fsp3) is 0.474. The van der Waals surface area contributed by atoms with Crippen LogP contribution in [0.3, 0.4) is 0 Å². The van der Waals surface area contributed by atoms with Crippen LogP contribution in [0.15, 0.2) is 18.2 Å². The van der Waals surface area contributed by atoms with Crippen LogP contribution in [-0.2, 0) is 12.8 Å². The van der Waals surface area contributed by atoms with Crippen LogP contribution in [0.1, 0.15) is 46.6 Å². The average molecular weight is 343 g/mol. The molecule has 0 bridgehead atoms. The van der Waals surface area contributed by atoms with Crippen molar-refractivity contribution >= 4 is 5.91 Å². The van der Waals surface area contributed by atoms with E-state index in [1.807, 2.05) is 13.0 Å². The van der Waals surface area contributed by atoms with Crippen LogP contribution in [0.2, 0.25) is 0 Å². The molecule has 132 valence electrons. The molecule has 0 radical (unpaired) electrons. The van der Waals surface area contributed by atoms with Gasteiger partial charge in [-0.25, -0.2) is 9.07 Å². The van der Waals surface area contributed by atoms with Crippen molar-refractivity contribution in [3.63, 3.8) is 0 Å². The molecule has 4 rings (SSSR count). The van der Waals surface area contributed by atoms with E-state index in [1.54, 1.807) is 15.6 Å². The highest BCUT2D eigenvalue weighted by Gasteiger charge is 2.36. The molecule has 1 saturated carbocycles. The monoisotopic (exact) mass is 343 g/mol. The van der Waals surface area contributed by atoms with E-state index in [-0.39, 0.29) is 24.4 Å². The Morgan fingerprint density at radius 3 is 2.88 bits per heavy atom. The van der Waals surface area contributed by atoms with Gasteiger partial charge in [-0.3, -0.25) is 4.79 Å². The lowest BCUT2D eigenvalue weighted by molar-refractivity contribution is 0.0700. The van der Waals surface area contributed by atoms with E-state index in [9.17, 15) is 14.3 Å². The number of halogens is 1. The van der Waals surface area contributed by atoms with E-state index in [1.165, 1.54) is 6.07 Å². The summed E-state index contributed by atoms with van der Waals surface area (Å²) in [4.78, 5) is 14.7. The summed E-state index contributed by atoms with van der Waals surface area (Å²) in [6.07, 6.45) is 4.49. The van der Waals surface area contributed by atoms with Gasteiger partial charge in [-0.05, 0) is 56.7 Å². The third kappa shape index (κ3) is 2.84. The Bertz CT molecular complexity index is 826. The van der Waals surface area contributed by atoms with E-state index in [0.29, 0.717) is 17.9 Å². The lowest BCUT2D eigenvalue weighted by Gasteiger charge is -2.20. The van der Waals surface area contributed by atoms with Crippen molar-refractivity contribution in [3.8, 4) is 5.69 Å². The molecule has 1 N–H and O–H groups in total. The largest absolute Gasteiger partial charge is 0.395 e. The topological polar surface area (TPSA) is 58.4 Å². The van der Waals surface area contributed by atoms with Crippen LogP contribution >= 0.6 is 0 Å². The number of aliphatic hydroxyl groups excluding tert-OH is 1. The Morgan fingerprint density at radius 2 is 2.20 bits per heavy atom.